The molecule has 2 rings (SSSR count). The van der Waals surface area contributed by atoms with Gasteiger partial charge in [0.15, 0.2) is 0 Å². The lowest BCUT2D eigenvalue weighted by atomic mass is 9.83. The van der Waals surface area contributed by atoms with Gasteiger partial charge in [-0.15, -0.1) is 0 Å². The highest BCUT2D eigenvalue weighted by Gasteiger charge is 2.23. The molecule has 1 aromatic rings. The molecule has 1 saturated carbocycles. The summed E-state index contributed by atoms with van der Waals surface area (Å²) in [6.45, 7) is 2.71. The molecule has 1 aromatic carbocycles. The van der Waals surface area contributed by atoms with Gasteiger partial charge in [-0.05, 0) is 36.8 Å². The maximum atomic E-state index is 12.4. The number of hydrogen-bond donors (Lipinski definition) is 2. The van der Waals surface area contributed by atoms with Crippen LogP contribution in [0, 0.1) is 11.8 Å². The standard InChI is InChI=1S/C15H24N2O3S/c1-11-4-3-5-12(8-11)10-17-21(18,19)15-7-6-13(16)9-14(15)20-2/h6-7,9,11-12,17H,3-5,8,10,16H2,1-2H3. The molecule has 1 fully saturated rings. The van der Waals surface area contributed by atoms with E-state index in [0.29, 0.717) is 24.1 Å². The van der Waals surface area contributed by atoms with Crippen LogP contribution in [0.5, 0.6) is 5.75 Å². The molecular formula is C15H24N2O3S. The molecule has 0 amide bonds. The minimum Gasteiger partial charge on any atom is -0.495 e. The first-order valence-electron chi connectivity index (χ1n) is 7.35. The predicted octanol–water partition coefficient (Wildman–Crippen LogP) is 2.38. The van der Waals surface area contributed by atoms with Gasteiger partial charge in [0, 0.05) is 18.3 Å². The minimum absolute atomic E-state index is 0.142. The maximum Gasteiger partial charge on any atom is 0.244 e. The molecule has 0 saturated heterocycles. The number of nitrogens with two attached hydrogens (primary N) is 1. The van der Waals surface area contributed by atoms with E-state index in [-0.39, 0.29) is 10.6 Å². The zero-order chi connectivity index (χ0) is 15.5. The van der Waals surface area contributed by atoms with Crippen molar-refractivity contribution in [1.82, 2.24) is 4.72 Å². The van der Waals surface area contributed by atoms with Crippen molar-refractivity contribution in [2.75, 3.05) is 19.4 Å². The van der Waals surface area contributed by atoms with Gasteiger partial charge < -0.3 is 10.5 Å². The molecule has 0 heterocycles. The Morgan fingerprint density at radius 1 is 1.38 bits per heavy atom. The Balaban J connectivity index is 2.08. The smallest absolute Gasteiger partial charge is 0.244 e. The SMILES string of the molecule is COc1cc(N)ccc1S(=O)(=O)NCC1CCCC(C)C1. The zero-order valence-electron chi connectivity index (χ0n) is 12.6. The third-order valence-corrected chi connectivity index (χ3v) is 5.55. The number of methoxy groups -OCH3 is 1. The molecule has 5 nitrogen and oxygen atoms in total. The van der Waals surface area contributed by atoms with Crippen molar-refractivity contribution in [3.05, 3.63) is 18.2 Å². The topological polar surface area (TPSA) is 81.4 Å². The number of anilines is 1. The second-order valence-corrected chi connectivity index (χ2v) is 7.64. The molecule has 0 bridgehead atoms. The van der Waals surface area contributed by atoms with Crippen LogP contribution in [0.4, 0.5) is 5.69 Å². The van der Waals surface area contributed by atoms with Crippen LogP contribution in [-0.4, -0.2) is 22.1 Å². The molecule has 2 atom stereocenters. The van der Waals surface area contributed by atoms with Gasteiger partial charge in [0.2, 0.25) is 10.0 Å². The Morgan fingerprint density at radius 3 is 2.81 bits per heavy atom. The number of hydrogen-bond acceptors (Lipinski definition) is 4. The third-order valence-electron chi connectivity index (χ3n) is 4.08. The lowest BCUT2D eigenvalue weighted by molar-refractivity contribution is 0.283. The van der Waals surface area contributed by atoms with Crippen LogP contribution in [0.1, 0.15) is 32.6 Å². The predicted molar refractivity (Wildman–Crippen MR) is 83.7 cm³/mol. The van der Waals surface area contributed by atoms with Crippen LogP contribution in [0.25, 0.3) is 0 Å². The summed E-state index contributed by atoms with van der Waals surface area (Å²) in [4.78, 5) is 0.142. The van der Waals surface area contributed by atoms with E-state index in [9.17, 15) is 8.42 Å². The van der Waals surface area contributed by atoms with Gasteiger partial charge in [0.1, 0.15) is 10.6 Å². The van der Waals surface area contributed by atoms with E-state index >= 15 is 0 Å². The summed E-state index contributed by atoms with van der Waals surface area (Å²) in [7, 11) is -2.13. The van der Waals surface area contributed by atoms with Crippen molar-refractivity contribution in [2.24, 2.45) is 11.8 Å². The van der Waals surface area contributed by atoms with Crippen LogP contribution in [0.3, 0.4) is 0 Å². The van der Waals surface area contributed by atoms with Crippen molar-refractivity contribution in [1.29, 1.82) is 0 Å². The number of ether oxygens (including phenoxy) is 1. The largest absolute Gasteiger partial charge is 0.495 e. The zero-order valence-corrected chi connectivity index (χ0v) is 13.4. The first-order chi connectivity index (χ1) is 9.92. The van der Waals surface area contributed by atoms with Gasteiger partial charge in [-0.1, -0.05) is 19.8 Å². The monoisotopic (exact) mass is 312 g/mol. The number of sulfonamides is 1. The molecule has 3 N–H and O–H groups in total. The average molecular weight is 312 g/mol. The number of rotatable bonds is 5. The maximum absolute atomic E-state index is 12.4. The van der Waals surface area contributed by atoms with Gasteiger partial charge in [0.25, 0.3) is 0 Å². The van der Waals surface area contributed by atoms with Crippen molar-refractivity contribution < 1.29 is 13.2 Å². The molecule has 0 radical (unpaired) electrons. The molecule has 0 aromatic heterocycles. The van der Waals surface area contributed by atoms with E-state index in [4.69, 9.17) is 10.5 Å². The molecule has 118 valence electrons. The molecule has 0 aliphatic heterocycles. The highest BCUT2D eigenvalue weighted by atomic mass is 32.2. The number of benzene rings is 1. The first kappa shape index (κ1) is 16.1. The van der Waals surface area contributed by atoms with Crippen molar-refractivity contribution in [2.45, 2.75) is 37.5 Å². The van der Waals surface area contributed by atoms with E-state index in [0.717, 1.165) is 12.8 Å². The van der Waals surface area contributed by atoms with E-state index in [1.165, 1.54) is 32.1 Å². The van der Waals surface area contributed by atoms with Crippen LogP contribution in [0.15, 0.2) is 23.1 Å². The van der Waals surface area contributed by atoms with E-state index in [1.54, 1.807) is 6.07 Å². The first-order valence-corrected chi connectivity index (χ1v) is 8.84. The third kappa shape index (κ3) is 4.11. The van der Waals surface area contributed by atoms with E-state index in [2.05, 4.69) is 11.6 Å². The quantitative estimate of drug-likeness (QED) is 0.818. The van der Waals surface area contributed by atoms with Gasteiger partial charge in [-0.25, -0.2) is 13.1 Å². The molecule has 6 heteroatoms. The van der Waals surface area contributed by atoms with Crippen LogP contribution in [0.2, 0.25) is 0 Å². The summed E-state index contributed by atoms with van der Waals surface area (Å²) in [5.74, 6) is 1.38. The summed E-state index contributed by atoms with van der Waals surface area (Å²) in [6.07, 6.45) is 4.60. The number of nitrogen functional groups attached to an aromatic ring is 1. The van der Waals surface area contributed by atoms with Gasteiger partial charge in [-0.2, -0.15) is 0 Å². The van der Waals surface area contributed by atoms with E-state index in [1.807, 2.05) is 0 Å². The molecule has 2 unspecified atom stereocenters. The number of nitrogens with one attached hydrogen (secondary N) is 1. The van der Waals surface area contributed by atoms with Crippen LogP contribution < -0.4 is 15.2 Å². The van der Waals surface area contributed by atoms with Crippen LogP contribution >= 0.6 is 0 Å². The Labute approximate surface area is 126 Å². The molecule has 21 heavy (non-hydrogen) atoms. The normalized spacial score (nSPS) is 23.0. The lowest BCUT2D eigenvalue weighted by Gasteiger charge is -2.26. The molecule has 1 aliphatic rings. The fourth-order valence-electron chi connectivity index (χ4n) is 2.96. The Hall–Kier alpha value is -1.27. The summed E-state index contributed by atoms with van der Waals surface area (Å²) in [6, 6.07) is 4.58. The van der Waals surface area contributed by atoms with Crippen molar-refractivity contribution in [3.63, 3.8) is 0 Å². The summed E-state index contributed by atoms with van der Waals surface area (Å²) >= 11 is 0. The minimum atomic E-state index is -3.57. The van der Waals surface area contributed by atoms with Gasteiger partial charge >= 0.3 is 0 Å². The fraction of sp³-hybridized carbons (Fsp3) is 0.600. The molecule has 0 spiro atoms. The Kier molecular flexibility index (Phi) is 5.11. The average Bonchev–Trinajstić information content (AvgIpc) is 2.45. The summed E-state index contributed by atoms with van der Waals surface area (Å²) < 4.78 is 32.7. The summed E-state index contributed by atoms with van der Waals surface area (Å²) in [5.41, 5.74) is 6.14. The van der Waals surface area contributed by atoms with Crippen molar-refractivity contribution in [3.8, 4) is 5.75 Å². The highest BCUT2D eigenvalue weighted by Crippen LogP contribution is 2.29. The summed E-state index contributed by atoms with van der Waals surface area (Å²) in [5, 5.41) is 0. The van der Waals surface area contributed by atoms with Gasteiger partial charge in [0.05, 0.1) is 7.11 Å². The molecular weight excluding hydrogens is 288 g/mol. The van der Waals surface area contributed by atoms with Crippen LogP contribution in [-0.2, 0) is 10.0 Å². The van der Waals surface area contributed by atoms with Crippen molar-refractivity contribution >= 4 is 15.7 Å². The fourth-order valence-corrected chi connectivity index (χ4v) is 4.22. The molecule has 1 aliphatic carbocycles. The Bertz CT molecular complexity index is 587. The van der Waals surface area contributed by atoms with Gasteiger partial charge in [-0.3, -0.25) is 0 Å². The van der Waals surface area contributed by atoms with E-state index < -0.39 is 10.0 Å². The second kappa shape index (κ2) is 6.66. The Morgan fingerprint density at radius 2 is 2.14 bits per heavy atom. The highest BCUT2D eigenvalue weighted by molar-refractivity contribution is 7.89. The lowest BCUT2D eigenvalue weighted by Crippen LogP contribution is -2.31. The second-order valence-electron chi connectivity index (χ2n) is 5.90.